The molecule has 0 aliphatic carbocycles. The number of aliphatic hydroxyl groups excluding tert-OH is 1. The van der Waals surface area contributed by atoms with Crippen LogP contribution in [0.25, 0.3) is 0 Å². The number of aliphatic hydroxyl groups is 1. The van der Waals surface area contributed by atoms with Gasteiger partial charge in [-0.25, -0.2) is 18.6 Å². The predicted molar refractivity (Wildman–Crippen MR) is 106 cm³/mol. The van der Waals surface area contributed by atoms with Crippen LogP contribution in [0.4, 0.5) is 28.0 Å². The smallest absolute Gasteiger partial charge is 0.322 e. The molecule has 168 valence electrons. The number of nitrogens with one attached hydrogen (secondary N) is 1. The number of halogens is 5. The molecule has 12 heteroatoms. The zero-order valence-electron chi connectivity index (χ0n) is 16.5. The van der Waals surface area contributed by atoms with E-state index in [1.807, 2.05) is 0 Å². The number of aromatic nitrogens is 3. The zero-order valence-corrected chi connectivity index (χ0v) is 18.1. The van der Waals surface area contributed by atoms with Crippen LogP contribution in [0.5, 0.6) is 0 Å². The van der Waals surface area contributed by atoms with Crippen LogP contribution in [0.1, 0.15) is 36.7 Å². The molecule has 2 N–H and O–H groups in total. The summed E-state index contributed by atoms with van der Waals surface area (Å²) in [5.41, 5.74) is -2.20. The van der Waals surface area contributed by atoms with Crippen LogP contribution in [-0.4, -0.2) is 49.1 Å². The number of alkyl halides is 3. The van der Waals surface area contributed by atoms with Crippen molar-refractivity contribution in [1.29, 1.82) is 0 Å². The number of rotatable bonds is 2. The molecule has 2 aromatic heterocycles. The maximum Gasteiger partial charge on any atom is 0.322 e. The fourth-order valence-electron chi connectivity index (χ4n) is 4.07. The van der Waals surface area contributed by atoms with Gasteiger partial charge in [0.15, 0.2) is 11.5 Å². The topological polar surface area (TPSA) is 83.3 Å². The average Bonchev–Trinajstić information content (AvgIpc) is 3.01. The van der Waals surface area contributed by atoms with E-state index in [-0.39, 0.29) is 28.8 Å². The predicted octanol–water partition coefficient (Wildman–Crippen LogP) is 3.74. The lowest BCUT2D eigenvalue weighted by molar-refractivity contribution is -0.0324. The third-order valence-electron chi connectivity index (χ3n) is 5.78. The maximum atomic E-state index is 14.9. The van der Waals surface area contributed by atoms with Crippen molar-refractivity contribution in [2.75, 3.05) is 11.9 Å². The molecule has 2 aliphatic rings. The molecule has 0 saturated heterocycles. The molecule has 2 aliphatic heterocycles. The molecule has 31 heavy (non-hydrogen) atoms. The molecule has 0 fully saturated rings. The van der Waals surface area contributed by atoms with Gasteiger partial charge in [0.2, 0.25) is 0 Å². The van der Waals surface area contributed by atoms with Gasteiger partial charge in [-0.2, -0.15) is 13.9 Å². The molecule has 4 rings (SSSR count). The summed E-state index contributed by atoms with van der Waals surface area (Å²) in [6, 6.07) is 0.206. The van der Waals surface area contributed by atoms with Gasteiger partial charge in [-0.1, -0.05) is 0 Å². The molecular weight excluding hydrogens is 486 g/mol. The Kier molecular flexibility index (Phi) is 5.49. The van der Waals surface area contributed by atoms with Crippen LogP contribution < -0.4 is 5.32 Å². The quantitative estimate of drug-likeness (QED) is 0.481. The molecule has 0 bridgehead atoms. The average molecular weight is 506 g/mol. The third-order valence-corrected chi connectivity index (χ3v) is 6.33. The van der Waals surface area contributed by atoms with Crippen molar-refractivity contribution < 1.29 is 27.5 Å². The summed E-state index contributed by atoms with van der Waals surface area (Å²) < 4.78 is 59.7. The molecule has 2 aromatic rings. The van der Waals surface area contributed by atoms with Crippen molar-refractivity contribution in [2.24, 2.45) is 0 Å². The van der Waals surface area contributed by atoms with Gasteiger partial charge in [0.1, 0.15) is 10.3 Å². The fourth-order valence-corrected chi connectivity index (χ4v) is 4.40. The molecular formula is C19H20BrF4N5O2. The van der Waals surface area contributed by atoms with E-state index in [2.05, 4.69) is 31.3 Å². The molecule has 7 nitrogen and oxygen atoms in total. The van der Waals surface area contributed by atoms with Crippen molar-refractivity contribution in [3.63, 3.8) is 0 Å². The number of urea groups is 1. The normalized spacial score (nSPS) is 24.9. The van der Waals surface area contributed by atoms with Crippen molar-refractivity contribution >= 4 is 27.6 Å². The molecule has 2 amide bonds. The van der Waals surface area contributed by atoms with Crippen LogP contribution in [-0.2, 0) is 25.4 Å². The van der Waals surface area contributed by atoms with E-state index in [1.165, 1.54) is 17.2 Å². The molecule has 4 heterocycles. The van der Waals surface area contributed by atoms with Crippen LogP contribution in [0.3, 0.4) is 0 Å². The van der Waals surface area contributed by atoms with Gasteiger partial charge >= 0.3 is 6.03 Å². The van der Waals surface area contributed by atoms with E-state index in [0.717, 1.165) is 4.68 Å². The highest BCUT2D eigenvalue weighted by Crippen LogP contribution is 2.44. The van der Waals surface area contributed by atoms with Crippen LogP contribution in [0, 0.1) is 5.82 Å². The first-order chi connectivity index (χ1) is 14.5. The zero-order chi connectivity index (χ0) is 22.6. The first-order valence-electron chi connectivity index (χ1n) is 9.69. The number of carbonyl (C=O) groups excluding carboxylic acids is 1. The molecule has 0 aromatic carbocycles. The van der Waals surface area contributed by atoms with E-state index >= 15 is 0 Å². The number of carbonyl (C=O) groups is 1. The van der Waals surface area contributed by atoms with Crippen LogP contribution in [0.2, 0.25) is 0 Å². The Labute approximate surface area is 183 Å². The van der Waals surface area contributed by atoms with Gasteiger partial charge < -0.3 is 15.3 Å². The summed E-state index contributed by atoms with van der Waals surface area (Å²) in [6.45, 7) is 0.167. The largest absolute Gasteiger partial charge is 0.393 e. The summed E-state index contributed by atoms with van der Waals surface area (Å²) in [4.78, 5) is 17.9. The first kappa shape index (κ1) is 22.0. The number of fused-ring (bicyclic) bond motifs is 3. The summed E-state index contributed by atoms with van der Waals surface area (Å²) in [6.07, 6.45) is 0.203. The van der Waals surface area contributed by atoms with E-state index < -0.39 is 61.2 Å². The molecule has 0 radical (unpaired) electrons. The summed E-state index contributed by atoms with van der Waals surface area (Å²) >= 11 is 2.94. The molecule has 2 atom stereocenters. The van der Waals surface area contributed by atoms with Crippen molar-refractivity contribution in [2.45, 2.75) is 56.9 Å². The minimum atomic E-state index is -3.37. The number of pyridine rings is 1. The second-order valence-corrected chi connectivity index (χ2v) is 8.77. The summed E-state index contributed by atoms with van der Waals surface area (Å²) in [5.74, 6) is -4.12. The lowest BCUT2D eigenvalue weighted by Crippen LogP contribution is -2.45. The van der Waals surface area contributed by atoms with Gasteiger partial charge in [-0.3, -0.25) is 4.68 Å². The van der Waals surface area contributed by atoms with Gasteiger partial charge in [0, 0.05) is 30.6 Å². The minimum absolute atomic E-state index is 0.0699. The fraction of sp³-hybridized carbons (Fsp3) is 0.526. The maximum absolute atomic E-state index is 14.9. The minimum Gasteiger partial charge on any atom is -0.393 e. The van der Waals surface area contributed by atoms with E-state index in [4.69, 9.17) is 0 Å². The first-order valence-corrected chi connectivity index (χ1v) is 10.5. The monoisotopic (exact) mass is 505 g/mol. The standard InChI is InChI=1S/C19H20BrF4N5O2/c1-10-6-13-11(7-28(10)17(31)26-12-2-5-25-16(20)14(12)21)15-19(23,24)4-3-18(22,9-30)8-29(15)27-13/h2,5,10,30H,3-4,6-9H2,1H3,(H,25,26,31). The number of anilines is 1. The highest BCUT2D eigenvalue weighted by atomic mass is 79.9. The molecule has 2 unspecified atom stereocenters. The van der Waals surface area contributed by atoms with E-state index in [1.54, 1.807) is 6.92 Å². The van der Waals surface area contributed by atoms with Gasteiger partial charge in [-0.15, -0.1) is 0 Å². The Balaban J connectivity index is 1.66. The van der Waals surface area contributed by atoms with Crippen molar-refractivity contribution in [3.05, 3.63) is 39.6 Å². The molecule has 0 spiro atoms. The van der Waals surface area contributed by atoms with Gasteiger partial charge in [0.05, 0.1) is 31.1 Å². The van der Waals surface area contributed by atoms with Gasteiger partial charge in [-0.05, 0) is 35.3 Å². The van der Waals surface area contributed by atoms with Crippen LogP contribution in [0.15, 0.2) is 16.9 Å². The summed E-state index contributed by atoms with van der Waals surface area (Å²) in [7, 11) is 0. The van der Waals surface area contributed by atoms with Crippen molar-refractivity contribution in [3.8, 4) is 0 Å². The van der Waals surface area contributed by atoms with E-state index in [0.29, 0.717) is 5.69 Å². The highest BCUT2D eigenvalue weighted by Gasteiger charge is 2.48. The van der Waals surface area contributed by atoms with E-state index in [9.17, 15) is 27.5 Å². The Morgan fingerprint density at radius 2 is 2.13 bits per heavy atom. The lowest BCUT2D eigenvalue weighted by atomic mass is 9.95. The third kappa shape index (κ3) is 3.91. The Morgan fingerprint density at radius 1 is 1.39 bits per heavy atom. The number of amides is 2. The number of hydrogen-bond acceptors (Lipinski definition) is 4. The summed E-state index contributed by atoms with van der Waals surface area (Å²) in [5, 5.41) is 16.0. The van der Waals surface area contributed by atoms with Crippen LogP contribution >= 0.6 is 15.9 Å². The number of nitrogens with zero attached hydrogens (tertiary/aromatic N) is 4. The highest BCUT2D eigenvalue weighted by molar-refractivity contribution is 9.10. The second kappa shape index (κ2) is 7.73. The van der Waals surface area contributed by atoms with Crippen molar-refractivity contribution in [1.82, 2.24) is 19.7 Å². The Morgan fingerprint density at radius 3 is 2.84 bits per heavy atom. The number of hydrogen-bond donors (Lipinski definition) is 2. The Hall–Kier alpha value is -2.21. The second-order valence-electron chi connectivity index (χ2n) is 8.02. The lowest BCUT2D eigenvalue weighted by Gasteiger charge is -2.33. The van der Waals surface area contributed by atoms with Gasteiger partial charge in [0.25, 0.3) is 5.92 Å². The Bertz CT molecular complexity index is 1030. The SMILES string of the molecule is CC1Cc2nn3c(c2CN1C(=O)Nc1ccnc(Br)c1F)C(F)(F)CCC(F)(CO)C3. The molecule has 0 saturated carbocycles.